The van der Waals surface area contributed by atoms with Gasteiger partial charge in [-0.25, -0.2) is 4.79 Å². The summed E-state index contributed by atoms with van der Waals surface area (Å²) in [6, 6.07) is 7.19. The zero-order valence-electron chi connectivity index (χ0n) is 14.1. The summed E-state index contributed by atoms with van der Waals surface area (Å²) >= 11 is 0. The van der Waals surface area contributed by atoms with Gasteiger partial charge in [-0.15, -0.1) is 10.2 Å². The van der Waals surface area contributed by atoms with Crippen molar-refractivity contribution in [1.29, 1.82) is 0 Å². The second-order valence-electron chi connectivity index (χ2n) is 6.78. The van der Waals surface area contributed by atoms with Gasteiger partial charge in [0.1, 0.15) is 0 Å². The van der Waals surface area contributed by atoms with E-state index in [-0.39, 0.29) is 5.92 Å². The van der Waals surface area contributed by atoms with Gasteiger partial charge in [0.15, 0.2) is 0 Å². The summed E-state index contributed by atoms with van der Waals surface area (Å²) in [5.41, 5.74) is 1.52. The first-order valence-corrected chi connectivity index (χ1v) is 8.38. The minimum Gasteiger partial charge on any atom is -0.478 e. The number of carbonyl (C=O) groups is 1. The highest BCUT2D eigenvalue weighted by Crippen LogP contribution is 2.23. The van der Waals surface area contributed by atoms with E-state index in [1.807, 2.05) is 26.0 Å². The van der Waals surface area contributed by atoms with Gasteiger partial charge in [-0.05, 0) is 43.0 Å². The summed E-state index contributed by atoms with van der Waals surface area (Å²) < 4.78 is 5.68. The number of benzene rings is 1. The summed E-state index contributed by atoms with van der Waals surface area (Å²) in [6.45, 7) is 6.81. The van der Waals surface area contributed by atoms with Gasteiger partial charge in [0.05, 0.1) is 12.1 Å². The fourth-order valence-corrected chi connectivity index (χ4v) is 3.09. The van der Waals surface area contributed by atoms with Crippen LogP contribution in [0, 0.1) is 5.92 Å². The Labute approximate surface area is 141 Å². The van der Waals surface area contributed by atoms with Crippen LogP contribution in [0.15, 0.2) is 28.7 Å². The van der Waals surface area contributed by atoms with E-state index in [2.05, 4.69) is 15.1 Å². The van der Waals surface area contributed by atoms with Crippen molar-refractivity contribution in [3.05, 3.63) is 47.2 Å². The zero-order valence-corrected chi connectivity index (χ0v) is 14.1. The lowest BCUT2D eigenvalue weighted by atomic mass is 9.98. The van der Waals surface area contributed by atoms with Crippen molar-refractivity contribution in [1.82, 2.24) is 15.1 Å². The van der Waals surface area contributed by atoms with Crippen LogP contribution in [0.3, 0.4) is 0 Å². The van der Waals surface area contributed by atoms with Crippen LogP contribution in [-0.4, -0.2) is 39.3 Å². The van der Waals surface area contributed by atoms with Gasteiger partial charge < -0.3 is 9.52 Å². The molecule has 1 aliphatic heterocycles. The van der Waals surface area contributed by atoms with Crippen LogP contribution in [0.4, 0.5) is 0 Å². The summed E-state index contributed by atoms with van der Waals surface area (Å²) in [6.07, 6.45) is 2.10. The zero-order chi connectivity index (χ0) is 17.1. The molecule has 6 heteroatoms. The maximum atomic E-state index is 10.9. The maximum Gasteiger partial charge on any atom is 0.335 e. The first kappa shape index (κ1) is 16.6. The standard InChI is InChI=1S/C18H23N3O3/c1-12(2)17-20-19-16(24-17)11-21-8-7-14(10-21)9-13-3-5-15(6-4-13)18(22)23/h3-6,12,14H,7-11H2,1-2H3,(H,22,23)/t14-/m1/s1. The van der Waals surface area contributed by atoms with Crippen LogP contribution < -0.4 is 0 Å². The number of carboxylic acid groups (broad SMARTS) is 1. The number of carboxylic acids is 1. The van der Waals surface area contributed by atoms with E-state index >= 15 is 0 Å². The van der Waals surface area contributed by atoms with Gasteiger partial charge in [-0.1, -0.05) is 26.0 Å². The van der Waals surface area contributed by atoms with E-state index < -0.39 is 5.97 Å². The molecule has 0 spiro atoms. The molecule has 1 saturated heterocycles. The van der Waals surface area contributed by atoms with Crippen LogP contribution in [0.5, 0.6) is 0 Å². The quantitative estimate of drug-likeness (QED) is 0.878. The molecule has 3 rings (SSSR count). The third-order valence-electron chi connectivity index (χ3n) is 4.43. The number of nitrogens with zero attached hydrogens (tertiary/aromatic N) is 3. The Kier molecular flexibility index (Phi) is 4.94. The van der Waals surface area contributed by atoms with Crippen molar-refractivity contribution in [2.45, 2.75) is 39.2 Å². The largest absolute Gasteiger partial charge is 0.478 e. The lowest BCUT2D eigenvalue weighted by Crippen LogP contribution is -2.20. The number of hydrogen-bond donors (Lipinski definition) is 1. The number of rotatable bonds is 6. The van der Waals surface area contributed by atoms with Crippen molar-refractivity contribution in [2.24, 2.45) is 5.92 Å². The second kappa shape index (κ2) is 7.13. The van der Waals surface area contributed by atoms with Crippen molar-refractivity contribution >= 4 is 5.97 Å². The summed E-state index contributed by atoms with van der Waals surface area (Å²) in [7, 11) is 0. The topological polar surface area (TPSA) is 79.5 Å². The van der Waals surface area contributed by atoms with Gasteiger partial charge in [0.25, 0.3) is 0 Å². The Morgan fingerprint density at radius 3 is 2.71 bits per heavy atom. The molecule has 0 radical (unpaired) electrons. The van der Waals surface area contributed by atoms with Gasteiger partial charge in [0.2, 0.25) is 11.8 Å². The van der Waals surface area contributed by atoms with E-state index in [1.54, 1.807) is 12.1 Å². The van der Waals surface area contributed by atoms with Gasteiger partial charge in [0, 0.05) is 12.5 Å². The molecule has 1 aromatic heterocycles. The van der Waals surface area contributed by atoms with E-state index in [9.17, 15) is 4.79 Å². The molecule has 0 amide bonds. The molecule has 0 aliphatic carbocycles. The van der Waals surface area contributed by atoms with E-state index in [0.717, 1.165) is 25.9 Å². The minimum absolute atomic E-state index is 0.256. The molecule has 0 unspecified atom stereocenters. The molecule has 1 aromatic carbocycles. The number of hydrogen-bond acceptors (Lipinski definition) is 5. The normalized spacial score (nSPS) is 18.4. The molecule has 2 aromatic rings. The molecule has 1 atom stereocenters. The molecule has 1 N–H and O–H groups in total. The fourth-order valence-electron chi connectivity index (χ4n) is 3.09. The maximum absolute atomic E-state index is 10.9. The molecule has 0 bridgehead atoms. The van der Waals surface area contributed by atoms with Crippen molar-refractivity contribution in [2.75, 3.05) is 13.1 Å². The molecular formula is C18H23N3O3. The third-order valence-corrected chi connectivity index (χ3v) is 4.43. The van der Waals surface area contributed by atoms with Crippen LogP contribution in [0.2, 0.25) is 0 Å². The molecule has 1 fully saturated rings. The van der Waals surface area contributed by atoms with Crippen LogP contribution in [-0.2, 0) is 13.0 Å². The Morgan fingerprint density at radius 2 is 2.08 bits per heavy atom. The van der Waals surface area contributed by atoms with Crippen LogP contribution in [0.1, 0.15) is 53.9 Å². The SMILES string of the molecule is CC(C)c1nnc(CN2CC[C@H](Cc3ccc(C(=O)O)cc3)C2)o1. The highest BCUT2D eigenvalue weighted by atomic mass is 16.4. The van der Waals surface area contributed by atoms with E-state index in [4.69, 9.17) is 9.52 Å². The number of likely N-dealkylation sites (tertiary alicyclic amines) is 1. The first-order chi connectivity index (χ1) is 11.5. The highest BCUT2D eigenvalue weighted by Gasteiger charge is 2.24. The molecule has 1 aliphatic rings. The fraction of sp³-hybridized carbons (Fsp3) is 0.500. The molecule has 2 heterocycles. The lowest BCUT2D eigenvalue weighted by molar-refractivity contribution is 0.0697. The molecule has 128 valence electrons. The molecule has 6 nitrogen and oxygen atoms in total. The predicted octanol–water partition coefficient (Wildman–Crippen LogP) is 2.96. The van der Waals surface area contributed by atoms with Crippen molar-refractivity contribution in [3.8, 4) is 0 Å². The van der Waals surface area contributed by atoms with Crippen molar-refractivity contribution in [3.63, 3.8) is 0 Å². The average molecular weight is 329 g/mol. The molecular weight excluding hydrogens is 306 g/mol. The van der Waals surface area contributed by atoms with Gasteiger partial charge in [-0.3, -0.25) is 4.90 Å². The third kappa shape index (κ3) is 4.00. The average Bonchev–Trinajstić information content (AvgIpc) is 3.18. The Balaban J connectivity index is 1.52. The Morgan fingerprint density at radius 1 is 1.33 bits per heavy atom. The van der Waals surface area contributed by atoms with E-state index in [1.165, 1.54) is 5.56 Å². The minimum atomic E-state index is -0.881. The Bertz CT molecular complexity index is 694. The van der Waals surface area contributed by atoms with Crippen LogP contribution in [0.25, 0.3) is 0 Å². The second-order valence-corrected chi connectivity index (χ2v) is 6.78. The van der Waals surface area contributed by atoms with Gasteiger partial charge in [-0.2, -0.15) is 0 Å². The van der Waals surface area contributed by atoms with Crippen molar-refractivity contribution < 1.29 is 14.3 Å². The molecule has 0 saturated carbocycles. The monoisotopic (exact) mass is 329 g/mol. The summed E-state index contributed by atoms with van der Waals surface area (Å²) in [5.74, 6) is 1.33. The van der Waals surface area contributed by atoms with E-state index in [0.29, 0.717) is 29.8 Å². The smallest absolute Gasteiger partial charge is 0.335 e. The highest BCUT2D eigenvalue weighted by molar-refractivity contribution is 5.87. The number of aromatic nitrogens is 2. The summed E-state index contributed by atoms with van der Waals surface area (Å²) in [5, 5.41) is 17.1. The molecule has 24 heavy (non-hydrogen) atoms. The summed E-state index contributed by atoms with van der Waals surface area (Å²) in [4.78, 5) is 13.2. The lowest BCUT2D eigenvalue weighted by Gasteiger charge is -2.13. The van der Waals surface area contributed by atoms with Crippen LogP contribution >= 0.6 is 0 Å². The Hall–Kier alpha value is -2.21. The number of aromatic carboxylic acids is 1. The first-order valence-electron chi connectivity index (χ1n) is 8.38. The van der Waals surface area contributed by atoms with Gasteiger partial charge >= 0.3 is 5.97 Å². The predicted molar refractivity (Wildman–Crippen MR) is 88.9 cm³/mol.